The molecule has 17 heavy (non-hydrogen) atoms. The van der Waals surface area contributed by atoms with Crippen molar-refractivity contribution in [1.29, 1.82) is 0 Å². The topological polar surface area (TPSA) is 24.9 Å². The Morgan fingerprint density at radius 2 is 2.18 bits per heavy atom. The standard InChI is InChI=1S/C12H12ClFN2S/c1-7-8(2)17-12(16-7)6-15-9-3-4-10(13)11(14)5-9/h3-5,15H,6H2,1-2H3. The smallest absolute Gasteiger partial charge is 0.143 e. The maximum atomic E-state index is 13.2. The molecule has 0 aliphatic rings. The van der Waals surface area contributed by atoms with Crippen LogP contribution < -0.4 is 5.32 Å². The van der Waals surface area contributed by atoms with Gasteiger partial charge in [0.1, 0.15) is 10.8 Å². The van der Waals surface area contributed by atoms with E-state index in [0.29, 0.717) is 12.2 Å². The van der Waals surface area contributed by atoms with E-state index in [1.54, 1.807) is 17.4 Å². The zero-order valence-corrected chi connectivity index (χ0v) is 11.1. The maximum Gasteiger partial charge on any atom is 0.143 e. The first-order valence-electron chi connectivity index (χ1n) is 5.18. The molecule has 1 aromatic heterocycles. The Balaban J connectivity index is 2.04. The fourth-order valence-corrected chi connectivity index (χ4v) is 2.39. The number of halogens is 2. The molecule has 0 saturated carbocycles. The van der Waals surface area contributed by atoms with Gasteiger partial charge >= 0.3 is 0 Å². The summed E-state index contributed by atoms with van der Waals surface area (Å²) in [7, 11) is 0. The molecular formula is C12H12ClFN2S. The average molecular weight is 271 g/mol. The molecule has 0 radical (unpaired) electrons. The average Bonchev–Trinajstić information content (AvgIpc) is 2.60. The van der Waals surface area contributed by atoms with Crippen LogP contribution in [0.5, 0.6) is 0 Å². The molecule has 2 nitrogen and oxygen atoms in total. The molecular weight excluding hydrogens is 259 g/mol. The van der Waals surface area contributed by atoms with Crippen LogP contribution in [0.3, 0.4) is 0 Å². The SMILES string of the molecule is Cc1nc(CNc2ccc(Cl)c(F)c2)sc1C. The van der Waals surface area contributed by atoms with E-state index < -0.39 is 5.82 Å². The third kappa shape index (κ3) is 2.96. The summed E-state index contributed by atoms with van der Waals surface area (Å²) >= 11 is 7.26. The summed E-state index contributed by atoms with van der Waals surface area (Å²) in [4.78, 5) is 5.61. The van der Waals surface area contributed by atoms with Crippen molar-refractivity contribution in [3.8, 4) is 0 Å². The van der Waals surface area contributed by atoms with E-state index in [-0.39, 0.29) is 5.02 Å². The zero-order valence-electron chi connectivity index (χ0n) is 9.55. The maximum absolute atomic E-state index is 13.2. The Morgan fingerprint density at radius 3 is 2.76 bits per heavy atom. The van der Waals surface area contributed by atoms with Crippen LogP contribution in [0.1, 0.15) is 15.6 Å². The van der Waals surface area contributed by atoms with E-state index in [4.69, 9.17) is 11.6 Å². The molecule has 0 bridgehead atoms. The highest BCUT2D eigenvalue weighted by Crippen LogP contribution is 2.21. The van der Waals surface area contributed by atoms with Gasteiger partial charge in [-0.25, -0.2) is 9.37 Å². The van der Waals surface area contributed by atoms with Crippen molar-refractivity contribution in [2.75, 3.05) is 5.32 Å². The molecule has 0 aliphatic carbocycles. The first kappa shape index (κ1) is 12.3. The lowest BCUT2D eigenvalue weighted by atomic mass is 10.3. The van der Waals surface area contributed by atoms with Gasteiger partial charge in [0, 0.05) is 10.6 Å². The van der Waals surface area contributed by atoms with Crippen LogP contribution in [0.2, 0.25) is 5.02 Å². The van der Waals surface area contributed by atoms with Crippen LogP contribution in [0.15, 0.2) is 18.2 Å². The molecule has 0 spiro atoms. The fraction of sp³-hybridized carbons (Fsp3) is 0.250. The minimum absolute atomic E-state index is 0.136. The minimum Gasteiger partial charge on any atom is -0.378 e. The van der Waals surface area contributed by atoms with Crippen LogP contribution in [0.25, 0.3) is 0 Å². The number of anilines is 1. The molecule has 1 heterocycles. The van der Waals surface area contributed by atoms with Gasteiger partial charge in [-0.05, 0) is 32.0 Å². The molecule has 90 valence electrons. The summed E-state index contributed by atoms with van der Waals surface area (Å²) in [5.74, 6) is -0.414. The highest BCUT2D eigenvalue weighted by Gasteiger charge is 2.04. The van der Waals surface area contributed by atoms with Gasteiger partial charge in [0.05, 0.1) is 17.3 Å². The quantitative estimate of drug-likeness (QED) is 0.906. The molecule has 1 aromatic carbocycles. The highest BCUT2D eigenvalue weighted by atomic mass is 35.5. The zero-order chi connectivity index (χ0) is 12.4. The summed E-state index contributed by atoms with van der Waals surface area (Å²) < 4.78 is 13.2. The van der Waals surface area contributed by atoms with Crippen LogP contribution in [-0.2, 0) is 6.54 Å². The van der Waals surface area contributed by atoms with Gasteiger partial charge in [-0.1, -0.05) is 11.6 Å². The largest absolute Gasteiger partial charge is 0.378 e. The predicted molar refractivity (Wildman–Crippen MR) is 70.3 cm³/mol. The van der Waals surface area contributed by atoms with Gasteiger partial charge in [0.15, 0.2) is 0 Å². The monoisotopic (exact) mass is 270 g/mol. The van der Waals surface area contributed by atoms with Gasteiger partial charge < -0.3 is 5.32 Å². The Bertz CT molecular complexity index is 520. The first-order valence-corrected chi connectivity index (χ1v) is 6.37. The van der Waals surface area contributed by atoms with Crippen molar-refractivity contribution >= 4 is 28.6 Å². The number of benzene rings is 1. The van der Waals surface area contributed by atoms with E-state index in [1.165, 1.54) is 17.0 Å². The van der Waals surface area contributed by atoms with Crippen molar-refractivity contribution in [3.05, 3.63) is 44.6 Å². The molecule has 2 rings (SSSR count). The Hall–Kier alpha value is -1.13. The van der Waals surface area contributed by atoms with Gasteiger partial charge in [-0.15, -0.1) is 11.3 Å². The van der Waals surface area contributed by atoms with Gasteiger partial charge in [-0.3, -0.25) is 0 Å². The molecule has 0 amide bonds. The lowest BCUT2D eigenvalue weighted by Crippen LogP contribution is -1.99. The molecule has 0 aliphatic heterocycles. The van der Waals surface area contributed by atoms with E-state index in [2.05, 4.69) is 10.3 Å². The Morgan fingerprint density at radius 1 is 1.41 bits per heavy atom. The number of hydrogen-bond acceptors (Lipinski definition) is 3. The Labute approximate surface area is 108 Å². The van der Waals surface area contributed by atoms with Crippen molar-refractivity contribution in [1.82, 2.24) is 4.98 Å². The minimum atomic E-state index is -0.414. The van der Waals surface area contributed by atoms with E-state index in [9.17, 15) is 4.39 Å². The number of aryl methyl sites for hydroxylation is 2. The number of nitrogens with zero attached hydrogens (tertiary/aromatic N) is 1. The van der Waals surface area contributed by atoms with Crippen LogP contribution in [-0.4, -0.2) is 4.98 Å². The number of rotatable bonds is 3. The summed E-state index contributed by atoms with van der Waals surface area (Å²) in [6, 6.07) is 4.67. The molecule has 0 atom stereocenters. The lowest BCUT2D eigenvalue weighted by molar-refractivity contribution is 0.628. The molecule has 0 saturated heterocycles. The van der Waals surface area contributed by atoms with E-state index >= 15 is 0 Å². The van der Waals surface area contributed by atoms with Crippen molar-refractivity contribution in [3.63, 3.8) is 0 Å². The fourth-order valence-electron chi connectivity index (χ4n) is 1.40. The van der Waals surface area contributed by atoms with Crippen LogP contribution in [0, 0.1) is 19.7 Å². The third-order valence-corrected chi connectivity index (χ3v) is 3.82. The number of nitrogens with one attached hydrogen (secondary N) is 1. The summed E-state index contributed by atoms with van der Waals surface area (Å²) in [5.41, 5.74) is 1.76. The second-order valence-corrected chi connectivity index (χ2v) is 5.43. The van der Waals surface area contributed by atoms with Crippen molar-refractivity contribution in [2.24, 2.45) is 0 Å². The molecule has 1 N–H and O–H groups in total. The van der Waals surface area contributed by atoms with Crippen molar-refractivity contribution < 1.29 is 4.39 Å². The molecule has 5 heteroatoms. The number of aromatic nitrogens is 1. The lowest BCUT2D eigenvalue weighted by Gasteiger charge is -2.04. The second-order valence-electron chi connectivity index (χ2n) is 3.73. The van der Waals surface area contributed by atoms with E-state index in [1.807, 2.05) is 13.8 Å². The van der Waals surface area contributed by atoms with Crippen molar-refractivity contribution in [2.45, 2.75) is 20.4 Å². The van der Waals surface area contributed by atoms with Crippen LogP contribution >= 0.6 is 22.9 Å². The van der Waals surface area contributed by atoms with Crippen LogP contribution in [0.4, 0.5) is 10.1 Å². The second kappa shape index (κ2) is 5.02. The number of hydrogen-bond donors (Lipinski definition) is 1. The normalized spacial score (nSPS) is 10.6. The first-order chi connectivity index (χ1) is 8.06. The van der Waals surface area contributed by atoms with Gasteiger partial charge in [-0.2, -0.15) is 0 Å². The predicted octanol–water partition coefficient (Wildman–Crippen LogP) is 4.16. The summed E-state index contributed by atoms with van der Waals surface area (Å²) in [6.07, 6.45) is 0. The van der Waals surface area contributed by atoms with Gasteiger partial charge in [0.25, 0.3) is 0 Å². The summed E-state index contributed by atoms with van der Waals surface area (Å²) in [6.45, 7) is 4.62. The van der Waals surface area contributed by atoms with E-state index in [0.717, 1.165) is 10.7 Å². The third-order valence-electron chi connectivity index (χ3n) is 2.44. The molecule has 0 fully saturated rings. The number of thiazole rings is 1. The highest BCUT2D eigenvalue weighted by molar-refractivity contribution is 7.11. The Kier molecular flexibility index (Phi) is 3.64. The summed E-state index contributed by atoms with van der Waals surface area (Å²) in [5, 5.41) is 4.25. The van der Waals surface area contributed by atoms with Gasteiger partial charge in [0.2, 0.25) is 0 Å². The molecule has 0 unspecified atom stereocenters. The molecule has 2 aromatic rings.